The summed E-state index contributed by atoms with van der Waals surface area (Å²) < 4.78 is 0. The highest BCUT2D eigenvalue weighted by Gasteiger charge is 2.31. The lowest BCUT2D eigenvalue weighted by molar-refractivity contribution is -0.384. The second kappa shape index (κ2) is 6.72. The Balaban J connectivity index is 1.81. The maximum atomic E-state index is 12.0. The number of imide groups is 1. The molecular weight excluding hydrogens is 322 g/mol. The van der Waals surface area contributed by atoms with Crippen molar-refractivity contribution in [1.29, 1.82) is 0 Å². The number of anilines is 2. The quantitative estimate of drug-likeness (QED) is 0.513. The Morgan fingerprint density at radius 3 is 2.48 bits per heavy atom. The van der Waals surface area contributed by atoms with Crippen LogP contribution in [0.1, 0.15) is 24.0 Å². The van der Waals surface area contributed by atoms with Crippen LogP contribution in [-0.4, -0.2) is 16.7 Å². The summed E-state index contributed by atoms with van der Waals surface area (Å²) in [6.45, 7) is 2.23. The highest BCUT2D eigenvalue weighted by Crippen LogP contribution is 2.30. The number of benzene rings is 2. The molecule has 0 radical (unpaired) electrons. The first-order chi connectivity index (χ1) is 12.0. The summed E-state index contributed by atoms with van der Waals surface area (Å²) in [5.74, 6) is -0.382. The Morgan fingerprint density at radius 2 is 1.80 bits per heavy atom. The van der Waals surface area contributed by atoms with E-state index >= 15 is 0 Å². The SMILES string of the molecule is Cc1c(NCc2cccc([N+](=O)[O-])c2)cccc1N1C(=O)CCC1=O. The van der Waals surface area contributed by atoms with E-state index < -0.39 is 4.92 Å². The van der Waals surface area contributed by atoms with Crippen molar-refractivity contribution in [2.24, 2.45) is 0 Å². The molecule has 7 heteroatoms. The predicted octanol–water partition coefficient (Wildman–Crippen LogP) is 3.17. The van der Waals surface area contributed by atoms with Gasteiger partial charge in [0.15, 0.2) is 0 Å². The Bertz CT molecular complexity index is 847. The zero-order valence-corrected chi connectivity index (χ0v) is 13.7. The molecule has 1 N–H and O–H groups in total. The minimum Gasteiger partial charge on any atom is -0.381 e. The lowest BCUT2D eigenvalue weighted by atomic mass is 10.1. The number of carbonyl (C=O) groups excluding carboxylic acids is 2. The molecule has 25 heavy (non-hydrogen) atoms. The first-order valence-electron chi connectivity index (χ1n) is 7.90. The minimum atomic E-state index is -0.431. The Labute approximate surface area is 144 Å². The van der Waals surface area contributed by atoms with Crippen LogP contribution in [0.5, 0.6) is 0 Å². The van der Waals surface area contributed by atoms with Gasteiger partial charge in [0.2, 0.25) is 11.8 Å². The molecule has 1 saturated heterocycles. The van der Waals surface area contributed by atoms with Gasteiger partial charge in [-0.25, -0.2) is 0 Å². The van der Waals surface area contributed by atoms with Crippen molar-refractivity contribution in [3.8, 4) is 0 Å². The molecule has 0 aliphatic carbocycles. The van der Waals surface area contributed by atoms with Crippen LogP contribution in [0.25, 0.3) is 0 Å². The van der Waals surface area contributed by atoms with E-state index in [0.717, 1.165) is 16.8 Å². The van der Waals surface area contributed by atoms with Crippen LogP contribution >= 0.6 is 0 Å². The molecule has 0 atom stereocenters. The summed E-state index contributed by atoms with van der Waals surface area (Å²) in [6.07, 6.45) is 0.479. The van der Waals surface area contributed by atoms with Crippen molar-refractivity contribution in [3.05, 3.63) is 63.7 Å². The topological polar surface area (TPSA) is 92.6 Å². The minimum absolute atomic E-state index is 0.0398. The standard InChI is InChI=1S/C18H17N3O4/c1-12-15(19-11-13-4-2-5-14(10-13)21(24)25)6-3-7-16(12)20-17(22)8-9-18(20)23/h2-7,10,19H,8-9,11H2,1H3. The van der Waals surface area contributed by atoms with Gasteiger partial charge in [0, 0.05) is 37.2 Å². The molecule has 2 amide bonds. The van der Waals surface area contributed by atoms with Crippen molar-refractivity contribution in [2.75, 3.05) is 10.2 Å². The van der Waals surface area contributed by atoms with Crippen molar-refractivity contribution >= 4 is 28.9 Å². The normalized spacial score (nSPS) is 14.0. The van der Waals surface area contributed by atoms with Crippen LogP contribution < -0.4 is 10.2 Å². The summed E-state index contributed by atoms with van der Waals surface area (Å²) in [4.78, 5) is 35.6. The van der Waals surface area contributed by atoms with Crippen LogP contribution in [0.3, 0.4) is 0 Å². The van der Waals surface area contributed by atoms with E-state index in [1.165, 1.54) is 17.0 Å². The molecule has 2 aromatic rings. The number of nitro benzene ring substituents is 1. The number of rotatable bonds is 5. The van der Waals surface area contributed by atoms with Crippen molar-refractivity contribution < 1.29 is 14.5 Å². The third-order valence-corrected chi connectivity index (χ3v) is 4.20. The third kappa shape index (κ3) is 3.35. The fourth-order valence-corrected chi connectivity index (χ4v) is 2.88. The molecule has 0 aromatic heterocycles. The van der Waals surface area contributed by atoms with Gasteiger partial charge in [-0.3, -0.25) is 24.6 Å². The number of non-ortho nitro benzene ring substituents is 1. The second-order valence-electron chi connectivity index (χ2n) is 5.85. The van der Waals surface area contributed by atoms with Gasteiger partial charge in [-0.2, -0.15) is 0 Å². The number of nitro groups is 1. The van der Waals surface area contributed by atoms with Crippen molar-refractivity contribution in [1.82, 2.24) is 0 Å². The molecule has 3 rings (SSSR count). The maximum Gasteiger partial charge on any atom is 0.269 e. The van der Waals surface area contributed by atoms with E-state index in [1.807, 2.05) is 13.0 Å². The number of amides is 2. The highest BCUT2D eigenvalue weighted by atomic mass is 16.6. The van der Waals surface area contributed by atoms with Gasteiger partial charge >= 0.3 is 0 Å². The smallest absolute Gasteiger partial charge is 0.269 e. The summed E-state index contributed by atoms with van der Waals surface area (Å²) in [7, 11) is 0. The van der Waals surface area contributed by atoms with Gasteiger partial charge in [-0.1, -0.05) is 18.2 Å². The summed E-state index contributed by atoms with van der Waals surface area (Å²) in [5.41, 5.74) is 2.95. The zero-order chi connectivity index (χ0) is 18.0. The van der Waals surface area contributed by atoms with Crippen LogP contribution in [0, 0.1) is 17.0 Å². The molecule has 1 fully saturated rings. The second-order valence-corrected chi connectivity index (χ2v) is 5.85. The van der Waals surface area contributed by atoms with Gasteiger partial charge in [-0.05, 0) is 30.2 Å². The number of nitrogens with zero attached hydrogens (tertiary/aromatic N) is 2. The first kappa shape index (κ1) is 16.6. The van der Waals surface area contributed by atoms with E-state index in [-0.39, 0.29) is 30.3 Å². The number of hydrogen-bond donors (Lipinski definition) is 1. The van der Waals surface area contributed by atoms with Gasteiger partial charge < -0.3 is 5.32 Å². The first-order valence-corrected chi connectivity index (χ1v) is 7.90. The van der Waals surface area contributed by atoms with Gasteiger partial charge in [-0.15, -0.1) is 0 Å². The molecular formula is C18H17N3O4. The highest BCUT2D eigenvalue weighted by molar-refractivity contribution is 6.20. The van der Waals surface area contributed by atoms with E-state index in [9.17, 15) is 19.7 Å². The van der Waals surface area contributed by atoms with Crippen molar-refractivity contribution in [3.63, 3.8) is 0 Å². The summed E-state index contributed by atoms with van der Waals surface area (Å²) in [6, 6.07) is 11.8. The molecule has 0 saturated carbocycles. The Hall–Kier alpha value is -3.22. The van der Waals surface area contributed by atoms with Crippen LogP contribution in [0.4, 0.5) is 17.1 Å². The molecule has 1 aliphatic heterocycles. The van der Waals surface area contributed by atoms with E-state index in [0.29, 0.717) is 12.2 Å². The monoisotopic (exact) mass is 339 g/mol. The average molecular weight is 339 g/mol. The predicted molar refractivity (Wildman–Crippen MR) is 93.3 cm³/mol. The van der Waals surface area contributed by atoms with Crippen molar-refractivity contribution in [2.45, 2.75) is 26.3 Å². The Morgan fingerprint density at radius 1 is 1.12 bits per heavy atom. The molecule has 0 bridgehead atoms. The fourth-order valence-electron chi connectivity index (χ4n) is 2.88. The van der Waals surface area contributed by atoms with Crippen LogP contribution in [0.2, 0.25) is 0 Å². The van der Waals surface area contributed by atoms with Gasteiger partial charge in [0.1, 0.15) is 0 Å². The summed E-state index contributed by atoms with van der Waals surface area (Å²) in [5, 5.41) is 14.1. The van der Waals surface area contributed by atoms with Crippen LogP contribution in [0.15, 0.2) is 42.5 Å². The molecule has 1 heterocycles. The third-order valence-electron chi connectivity index (χ3n) is 4.20. The van der Waals surface area contributed by atoms with E-state index in [1.54, 1.807) is 24.3 Å². The molecule has 7 nitrogen and oxygen atoms in total. The van der Waals surface area contributed by atoms with Crippen LogP contribution in [-0.2, 0) is 16.1 Å². The molecule has 128 valence electrons. The fraction of sp³-hybridized carbons (Fsp3) is 0.222. The van der Waals surface area contributed by atoms with E-state index in [2.05, 4.69) is 5.32 Å². The average Bonchev–Trinajstić information content (AvgIpc) is 2.93. The zero-order valence-electron chi connectivity index (χ0n) is 13.7. The molecule has 0 spiro atoms. The Kier molecular flexibility index (Phi) is 4.47. The number of nitrogens with one attached hydrogen (secondary N) is 1. The number of carbonyl (C=O) groups is 2. The molecule has 2 aromatic carbocycles. The molecule has 0 unspecified atom stereocenters. The van der Waals surface area contributed by atoms with Gasteiger partial charge in [0.05, 0.1) is 10.6 Å². The lowest BCUT2D eigenvalue weighted by Crippen LogP contribution is -2.29. The van der Waals surface area contributed by atoms with E-state index in [4.69, 9.17) is 0 Å². The number of hydrogen-bond acceptors (Lipinski definition) is 5. The largest absolute Gasteiger partial charge is 0.381 e. The maximum absolute atomic E-state index is 12.0. The molecule has 1 aliphatic rings. The lowest BCUT2D eigenvalue weighted by Gasteiger charge is -2.19. The van der Waals surface area contributed by atoms with Gasteiger partial charge in [0.25, 0.3) is 5.69 Å². The summed E-state index contributed by atoms with van der Waals surface area (Å²) >= 11 is 0.